The Kier molecular flexibility index (Phi) is 8.82. The highest BCUT2D eigenvalue weighted by Gasteiger charge is 2.14. The molecule has 0 aromatic carbocycles. The van der Waals surface area contributed by atoms with Crippen LogP contribution in [0, 0.1) is 0 Å². The number of aliphatic hydroxyl groups is 1. The monoisotopic (exact) mass is 277 g/mol. The molecule has 7 heteroatoms. The second-order valence-electron chi connectivity index (χ2n) is 4.34. The largest absolute Gasteiger partial charge is 0.393 e. The van der Waals surface area contributed by atoms with Gasteiger partial charge in [-0.15, -0.1) is 0 Å². The maximum Gasteiger partial charge on any atom is 0.236 e. The zero-order valence-corrected chi connectivity index (χ0v) is 12.1. The Balaban J connectivity index is 3.94. The zero-order chi connectivity index (χ0) is 14.1. The number of ether oxygens (including phenoxy) is 1. The second-order valence-corrected chi connectivity index (χ2v) is 4.86. The molecule has 0 aliphatic rings. The van der Waals surface area contributed by atoms with Crippen LogP contribution in [0.15, 0.2) is 0 Å². The van der Waals surface area contributed by atoms with Crippen molar-refractivity contribution in [3.63, 3.8) is 0 Å². The van der Waals surface area contributed by atoms with Crippen molar-refractivity contribution in [3.8, 4) is 0 Å². The zero-order valence-electron chi connectivity index (χ0n) is 11.3. The number of nitrogens with zero attached hydrogens (tertiary/aromatic N) is 2. The van der Waals surface area contributed by atoms with E-state index in [1.165, 1.54) is 7.11 Å². The number of thiocarbonyl (C=S) groups is 1. The van der Waals surface area contributed by atoms with Gasteiger partial charge in [-0.2, -0.15) is 0 Å². The van der Waals surface area contributed by atoms with E-state index in [2.05, 4.69) is 0 Å². The highest BCUT2D eigenvalue weighted by molar-refractivity contribution is 7.80. The average molecular weight is 277 g/mol. The van der Waals surface area contributed by atoms with Crippen molar-refractivity contribution < 1.29 is 14.6 Å². The van der Waals surface area contributed by atoms with E-state index in [0.29, 0.717) is 24.5 Å². The number of carbonyl (C=O) groups is 1. The van der Waals surface area contributed by atoms with Gasteiger partial charge in [0.25, 0.3) is 0 Å². The van der Waals surface area contributed by atoms with Crippen LogP contribution in [-0.2, 0) is 9.53 Å². The fourth-order valence-electron chi connectivity index (χ4n) is 1.42. The van der Waals surface area contributed by atoms with Crippen molar-refractivity contribution in [1.82, 2.24) is 9.80 Å². The predicted octanol–water partition coefficient (Wildman–Crippen LogP) is -0.940. The standard InChI is InChI=1S/C11H23N3O3S/c1-13(6-9(15)8-17-3)7-11(16)14(2)5-4-10(12)18/h9,15H,4-8H2,1-3H3,(H2,12,18). The highest BCUT2D eigenvalue weighted by atomic mass is 32.1. The summed E-state index contributed by atoms with van der Waals surface area (Å²) in [7, 11) is 5.01. The topological polar surface area (TPSA) is 79.0 Å². The molecule has 0 radical (unpaired) electrons. The summed E-state index contributed by atoms with van der Waals surface area (Å²) < 4.78 is 4.82. The molecule has 18 heavy (non-hydrogen) atoms. The van der Waals surface area contributed by atoms with Gasteiger partial charge in [0.1, 0.15) is 0 Å². The maximum atomic E-state index is 11.8. The first-order valence-corrected chi connectivity index (χ1v) is 6.15. The number of likely N-dealkylation sites (N-methyl/N-ethyl adjacent to an activating group) is 2. The second kappa shape index (κ2) is 9.21. The minimum atomic E-state index is -0.588. The van der Waals surface area contributed by atoms with E-state index in [1.807, 2.05) is 0 Å². The first-order chi connectivity index (χ1) is 8.36. The van der Waals surface area contributed by atoms with Crippen molar-refractivity contribution in [2.75, 3.05) is 47.4 Å². The van der Waals surface area contributed by atoms with Crippen molar-refractivity contribution in [2.24, 2.45) is 5.73 Å². The van der Waals surface area contributed by atoms with E-state index >= 15 is 0 Å². The van der Waals surface area contributed by atoms with E-state index in [0.717, 1.165) is 0 Å². The third-order valence-electron chi connectivity index (χ3n) is 2.41. The molecule has 0 aromatic rings. The van der Waals surface area contributed by atoms with Crippen LogP contribution in [0.4, 0.5) is 0 Å². The third-order valence-corrected chi connectivity index (χ3v) is 2.61. The molecule has 3 N–H and O–H groups in total. The molecular weight excluding hydrogens is 254 g/mol. The van der Waals surface area contributed by atoms with Crippen LogP contribution < -0.4 is 5.73 Å². The van der Waals surface area contributed by atoms with Crippen LogP contribution in [0.2, 0.25) is 0 Å². The van der Waals surface area contributed by atoms with Gasteiger partial charge in [0, 0.05) is 33.7 Å². The lowest BCUT2D eigenvalue weighted by Crippen LogP contribution is -2.41. The van der Waals surface area contributed by atoms with Crippen LogP contribution >= 0.6 is 12.2 Å². The number of hydrogen-bond acceptors (Lipinski definition) is 5. The van der Waals surface area contributed by atoms with E-state index in [-0.39, 0.29) is 19.1 Å². The van der Waals surface area contributed by atoms with Gasteiger partial charge in [0.15, 0.2) is 0 Å². The minimum Gasteiger partial charge on any atom is -0.393 e. The Hall–Kier alpha value is -0.760. The molecule has 0 bridgehead atoms. The molecule has 0 saturated carbocycles. The molecule has 0 aliphatic carbocycles. The molecule has 0 fully saturated rings. The number of rotatable bonds is 9. The van der Waals surface area contributed by atoms with Gasteiger partial charge in [-0.1, -0.05) is 12.2 Å². The first kappa shape index (κ1) is 17.2. The van der Waals surface area contributed by atoms with E-state index in [9.17, 15) is 9.90 Å². The average Bonchev–Trinajstić information content (AvgIpc) is 2.25. The molecule has 0 aromatic heterocycles. The van der Waals surface area contributed by atoms with Crippen molar-refractivity contribution in [1.29, 1.82) is 0 Å². The van der Waals surface area contributed by atoms with Crippen LogP contribution in [0.5, 0.6) is 0 Å². The SMILES string of the molecule is COCC(O)CN(C)CC(=O)N(C)CCC(N)=S. The first-order valence-electron chi connectivity index (χ1n) is 5.74. The summed E-state index contributed by atoms with van der Waals surface area (Å²) in [6.07, 6.45) is -0.0668. The van der Waals surface area contributed by atoms with Gasteiger partial charge < -0.3 is 20.5 Å². The lowest BCUT2D eigenvalue weighted by atomic mass is 10.3. The number of carbonyl (C=O) groups excluding carboxylic acids is 1. The molecule has 0 rings (SSSR count). The van der Waals surface area contributed by atoms with Gasteiger partial charge in [0.2, 0.25) is 5.91 Å². The summed E-state index contributed by atoms with van der Waals surface area (Å²) in [4.78, 5) is 15.5. The Bertz CT molecular complexity index is 276. The van der Waals surface area contributed by atoms with Crippen LogP contribution in [0.1, 0.15) is 6.42 Å². The summed E-state index contributed by atoms with van der Waals surface area (Å²) in [5.41, 5.74) is 5.38. The Morgan fingerprint density at radius 2 is 2.11 bits per heavy atom. The lowest BCUT2D eigenvalue weighted by Gasteiger charge is -2.23. The number of methoxy groups -OCH3 is 1. The van der Waals surface area contributed by atoms with E-state index in [4.69, 9.17) is 22.7 Å². The van der Waals surface area contributed by atoms with Gasteiger partial charge >= 0.3 is 0 Å². The maximum absolute atomic E-state index is 11.8. The number of aliphatic hydroxyl groups excluding tert-OH is 1. The summed E-state index contributed by atoms with van der Waals surface area (Å²) in [6.45, 7) is 1.41. The summed E-state index contributed by atoms with van der Waals surface area (Å²) in [5, 5.41) is 9.52. The molecule has 1 unspecified atom stereocenters. The smallest absolute Gasteiger partial charge is 0.236 e. The predicted molar refractivity (Wildman–Crippen MR) is 74.4 cm³/mol. The fraction of sp³-hybridized carbons (Fsp3) is 0.818. The molecule has 0 spiro atoms. The Labute approximate surface area is 114 Å². The molecule has 106 valence electrons. The van der Waals surface area contributed by atoms with Gasteiger partial charge in [0.05, 0.1) is 24.2 Å². The van der Waals surface area contributed by atoms with Crippen LogP contribution in [-0.4, -0.2) is 79.4 Å². The minimum absolute atomic E-state index is 0.0293. The third kappa shape index (κ3) is 8.35. The Morgan fingerprint density at radius 3 is 2.61 bits per heavy atom. The van der Waals surface area contributed by atoms with E-state index < -0.39 is 6.10 Å². The lowest BCUT2D eigenvalue weighted by molar-refractivity contribution is -0.131. The van der Waals surface area contributed by atoms with Gasteiger partial charge in [-0.05, 0) is 7.05 Å². The molecule has 0 saturated heterocycles. The summed E-state index contributed by atoms with van der Waals surface area (Å²) >= 11 is 4.76. The normalized spacial score (nSPS) is 12.5. The molecular formula is C11H23N3O3S. The van der Waals surface area contributed by atoms with Gasteiger partial charge in [-0.25, -0.2) is 0 Å². The highest BCUT2D eigenvalue weighted by Crippen LogP contribution is 1.95. The van der Waals surface area contributed by atoms with Crippen molar-refractivity contribution >= 4 is 23.1 Å². The fourth-order valence-corrected chi connectivity index (χ4v) is 1.51. The molecule has 0 heterocycles. The number of amides is 1. The quantitative estimate of drug-likeness (QED) is 0.530. The van der Waals surface area contributed by atoms with Gasteiger partial charge in [-0.3, -0.25) is 9.69 Å². The van der Waals surface area contributed by atoms with Crippen molar-refractivity contribution in [3.05, 3.63) is 0 Å². The summed E-state index contributed by atoms with van der Waals surface area (Å²) in [6, 6.07) is 0. The number of hydrogen-bond donors (Lipinski definition) is 2. The molecule has 6 nitrogen and oxygen atoms in total. The van der Waals surface area contributed by atoms with Crippen LogP contribution in [0.3, 0.4) is 0 Å². The molecule has 1 amide bonds. The van der Waals surface area contributed by atoms with Crippen molar-refractivity contribution in [2.45, 2.75) is 12.5 Å². The molecule has 1 atom stereocenters. The Morgan fingerprint density at radius 1 is 1.50 bits per heavy atom. The molecule has 0 aliphatic heterocycles. The summed E-state index contributed by atoms with van der Waals surface area (Å²) in [5.74, 6) is -0.0293. The number of nitrogens with two attached hydrogens (primary N) is 1. The van der Waals surface area contributed by atoms with E-state index in [1.54, 1.807) is 23.9 Å². The van der Waals surface area contributed by atoms with Crippen LogP contribution in [0.25, 0.3) is 0 Å².